The van der Waals surface area contributed by atoms with Crippen molar-refractivity contribution < 1.29 is 4.39 Å². The van der Waals surface area contributed by atoms with Crippen LogP contribution in [0.4, 0.5) is 4.39 Å². The summed E-state index contributed by atoms with van der Waals surface area (Å²) in [6, 6.07) is 8.22. The van der Waals surface area contributed by atoms with E-state index in [2.05, 4.69) is 17.4 Å². The van der Waals surface area contributed by atoms with E-state index >= 15 is 0 Å². The van der Waals surface area contributed by atoms with Crippen molar-refractivity contribution in [3.63, 3.8) is 0 Å². The van der Waals surface area contributed by atoms with Crippen LogP contribution in [0.15, 0.2) is 24.3 Å². The molecule has 1 aliphatic carbocycles. The predicted molar refractivity (Wildman–Crippen MR) is 63.3 cm³/mol. The smallest absolute Gasteiger partial charge is 0.149 e. The Balaban J connectivity index is 1.81. The molecule has 0 radical (unpaired) electrons. The second-order valence-corrected chi connectivity index (χ2v) is 5.14. The van der Waals surface area contributed by atoms with E-state index in [1.165, 1.54) is 24.8 Å². The Bertz CT molecular complexity index is 361. The molecule has 1 saturated heterocycles. The van der Waals surface area contributed by atoms with E-state index in [0.29, 0.717) is 13.0 Å². The number of benzene rings is 1. The van der Waals surface area contributed by atoms with Crippen LogP contribution in [0.3, 0.4) is 0 Å². The number of halogens is 1. The van der Waals surface area contributed by atoms with Crippen LogP contribution >= 0.6 is 0 Å². The molecule has 1 unspecified atom stereocenters. The minimum absolute atomic E-state index is 0.468. The van der Waals surface area contributed by atoms with Crippen LogP contribution in [0.2, 0.25) is 0 Å². The van der Waals surface area contributed by atoms with E-state index in [0.717, 1.165) is 18.0 Å². The number of nitrogens with one attached hydrogen (secondary N) is 1. The molecule has 2 heteroatoms. The van der Waals surface area contributed by atoms with Crippen LogP contribution in [0.1, 0.15) is 42.7 Å². The highest BCUT2D eigenvalue weighted by molar-refractivity contribution is 5.31. The van der Waals surface area contributed by atoms with E-state index in [4.69, 9.17) is 0 Å². The SMILES string of the molecule is FC1(c2ccc(C3CCC3)cc2)CCNC1. The molecular weight excluding hydrogens is 201 g/mol. The Morgan fingerprint density at radius 2 is 1.94 bits per heavy atom. The van der Waals surface area contributed by atoms with Crippen molar-refractivity contribution in [1.29, 1.82) is 0 Å². The fraction of sp³-hybridized carbons (Fsp3) is 0.571. The van der Waals surface area contributed by atoms with Gasteiger partial charge >= 0.3 is 0 Å². The Kier molecular flexibility index (Phi) is 2.47. The minimum atomic E-state index is -1.13. The van der Waals surface area contributed by atoms with E-state index in [-0.39, 0.29) is 0 Å². The lowest BCUT2D eigenvalue weighted by Crippen LogP contribution is -2.23. The number of alkyl halides is 1. The number of hydrogen-bond acceptors (Lipinski definition) is 1. The molecule has 0 spiro atoms. The molecule has 0 bridgehead atoms. The van der Waals surface area contributed by atoms with Gasteiger partial charge in [0.2, 0.25) is 0 Å². The number of rotatable bonds is 2. The molecule has 1 saturated carbocycles. The number of hydrogen-bond donors (Lipinski definition) is 1. The van der Waals surface area contributed by atoms with Crippen molar-refractivity contribution in [2.75, 3.05) is 13.1 Å². The summed E-state index contributed by atoms with van der Waals surface area (Å²) < 4.78 is 14.4. The normalized spacial score (nSPS) is 30.3. The largest absolute Gasteiger partial charge is 0.313 e. The Labute approximate surface area is 96.1 Å². The Hall–Kier alpha value is -0.890. The lowest BCUT2D eigenvalue weighted by molar-refractivity contribution is 0.193. The summed E-state index contributed by atoms with van der Waals surface area (Å²) in [6.45, 7) is 1.26. The monoisotopic (exact) mass is 219 g/mol. The molecule has 0 aromatic heterocycles. The first-order valence-electron chi connectivity index (χ1n) is 6.28. The van der Waals surface area contributed by atoms with Gasteiger partial charge in [-0.3, -0.25) is 0 Å². The highest BCUT2D eigenvalue weighted by Gasteiger charge is 2.35. The van der Waals surface area contributed by atoms with E-state index in [1.54, 1.807) is 0 Å². The standard InChI is InChI=1S/C14H18FN/c15-14(8-9-16-10-14)13-6-4-12(5-7-13)11-2-1-3-11/h4-7,11,16H,1-3,8-10H2. The lowest BCUT2D eigenvalue weighted by Gasteiger charge is -2.26. The molecule has 16 heavy (non-hydrogen) atoms. The molecule has 1 nitrogen and oxygen atoms in total. The van der Waals surface area contributed by atoms with Crippen LogP contribution in [0.5, 0.6) is 0 Å². The quantitative estimate of drug-likeness (QED) is 0.806. The molecule has 3 rings (SSSR count). The maximum Gasteiger partial charge on any atom is 0.149 e. The molecular formula is C14H18FN. The topological polar surface area (TPSA) is 12.0 Å². The third kappa shape index (κ3) is 1.65. The third-order valence-electron chi connectivity index (χ3n) is 4.11. The first-order chi connectivity index (χ1) is 7.78. The molecule has 1 aromatic carbocycles. The highest BCUT2D eigenvalue weighted by Crippen LogP contribution is 2.38. The second kappa shape index (κ2) is 3.85. The van der Waals surface area contributed by atoms with E-state index < -0.39 is 5.67 Å². The van der Waals surface area contributed by atoms with Gasteiger partial charge in [0.15, 0.2) is 0 Å². The molecule has 1 N–H and O–H groups in total. The van der Waals surface area contributed by atoms with E-state index in [9.17, 15) is 4.39 Å². The zero-order valence-electron chi connectivity index (χ0n) is 9.51. The van der Waals surface area contributed by atoms with Gasteiger partial charge < -0.3 is 5.32 Å². The van der Waals surface area contributed by atoms with Crippen LogP contribution in [0.25, 0.3) is 0 Å². The summed E-state index contributed by atoms with van der Waals surface area (Å²) in [6.07, 6.45) is 4.57. The van der Waals surface area contributed by atoms with Gasteiger partial charge in [0, 0.05) is 6.54 Å². The average molecular weight is 219 g/mol. The fourth-order valence-electron chi connectivity index (χ4n) is 2.70. The zero-order valence-corrected chi connectivity index (χ0v) is 9.51. The lowest BCUT2D eigenvalue weighted by atomic mass is 9.79. The fourth-order valence-corrected chi connectivity index (χ4v) is 2.70. The van der Waals surface area contributed by atoms with Crippen LogP contribution < -0.4 is 5.32 Å². The summed E-state index contributed by atoms with van der Waals surface area (Å²) in [5.74, 6) is 0.742. The summed E-state index contributed by atoms with van der Waals surface area (Å²) in [7, 11) is 0. The van der Waals surface area contributed by atoms with Gasteiger partial charge in [-0.15, -0.1) is 0 Å². The van der Waals surface area contributed by atoms with Gasteiger partial charge in [-0.1, -0.05) is 30.7 Å². The summed E-state index contributed by atoms with van der Waals surface area (Å²) in [5.41, 5.74) is 1.11. The van der Waals surface area contributed by atoms with Gasteiger partial charge in [0.05, 0.1) is 0 Å². The molecule has 1 aliphatic heterocycles. The van der Waals surface area contributed by atoms with Crippen molar-refractivity contribution in [1.82, 2.24) is 5.32 Å². The zero-order chi connectivity index (χ0) is 11.0. The molecule has 1 atom stereocenters. The maximum atomic E-state index is 14.4. The first-order valence-corrected chi connectivity index (χ1v) is 6.28. The first kappa shape index (κ1) is 10.3. The van der Waals surface area contributed by atoms with Gasteiger partial charge in [0.1, 0.15) is 5.67 Å². The van der Waals surface area contributed by atoms with Crippen molar-refractivity contribution in [2.24, 2.45) is 0 Å². The van der Waals surface area contributed by atoms with Crippen LogP contribution in [-0.2, 0) is 5.67 Å². The van der Waals surface area contributed by atoms with Crippen molar-refractivity contribution in [2.45, 2.75) is 37.3 Å². The summed E-state index contributed by atoms with van der Waals surface area (Å²) >= 11 is 0. The second-order valence-electron chi connectivity index (χ2n) is 5.14. The third-order valence-corrected chi connectivity index (χ3v) is 4.11. The van der Waals surface area contributed by atoms with Crippen LogP contribution in [0, 0.1) is 0 Å². The predicted octanol–water partition coefficient (Wildman–Crippen LogP) is 3.11. The Morgan fingerprint density at radius 3 is 2.44 bits per heavy atom. The van der Waals surface area contributed by atoms with Crippen LogP contribution in [-0.4, -0.2) is 13.1 Å². The average Bonchev–Trinajstić information content (AvgIpc) is 2.65. The molecule has 1 heterocycles. The van der Waals surface area contributed by atoms with E-state index in [1.807, 2.05) is 12.1 Å². The molecule has 86 valence electrons. The van der Waals surface area contributed by atoms with Gasteiger partial charge in [-0.05, 0) is 42.9 Å². The minimum Gasteiger partial charge on any atom is -0.313 e. The van der Waals surface area contributed by atoms with Crippen molar-refractivity contribution in [3.05, 3.63) is 35.4 Å². The van der Waals surface area contributed by atoms with Crippen molar-refractivity contribution >= 4 is 0 Å². The highest BCUT2D eigenvalue weighted by atomic mass is 19.1. The maximum absolute atomic E-state index is 14.4. The Morgan fingerprint density at radius 1 is 1.19 bits per heavy atom. The van der Waals surface area contributed by atoms with Gasteiger partial charge in [-0.2, -0.15) is 0 Å². The summed E-state index contributed by atoms with van der Waals surface area (Å²) in [4.78, 5) is 0. The van der Waals surface area contributed by atoms with Gasteiger partial charge in [-0.25, -0.2) is 4.39 Å². The molecule has 2 fully saturated rings. The molecule has 1 aromatic rings. The summed E-state index contributed by atoms with van der Waals surface area (Å²) in [5, 5.41) is 3.10. The molecule has 2 aliphatic rings. The van der Waals surface area contributed by atoms with Crippen molar-refractivity contribution in [3.8, 4) is 0 Å². The van der Waals surface area contributed by atoms with Gasteiger partial charge in [0.25, 0.3) is 0 Å². The molecule has 0 amide bonds.